The van der Waals surface area contributed by atoms with Crippen LogP contribution in [-0.2, 0) is 15.7 Å². The van der Waals surface area contributed by atoms with E-state index in [0.29, 0.717) is 6.20 Å². The lowest BCUT2D eigenvalue weighted by atomic mass is 10.1. The van der Waals surface area contributed by atoms with Crippen LogP contribution in [-0.4, -0.2) is 63.3 Å². The topological polar surface area (TPSA) is 95.9 Å². The van der Waals surface area contributed by atoms with E-state index in [2.05, 4.69) is 9.97 Å². The van der Waals surface area contributed by atoms with Gasteiger partial charge in [-0.25, -0.2) is 19.6 Å². The van der Waals surface area contributed by atoms with E-state index in [1.165, 1.54) is 9.80 Å². The Bertz CT molecular complexity index is 673. The Morgan fingerprint density at radius 2 is 1.85 bits per heavy atom. The van der Waals surface area contributed by atoms with Crippen LogP contribution in [0.15, 0.2) is 12.4 Å². The minimum Gasteiger partial charge on any atom is -0.480 e. The van der Waals surface area contributed by atoms with Crippen LogP contribution < -0.4 is 4.90 Å². The van der Waals surface area contributed by atoms with Gasteiger partial charge in [0.05, 0.1) is 18.9 Å². The summed E-state index contributed by atoms with van der Waals surface area (Å²) in [6.45, 7) is 5.08. The van der Waals surface area contributed by atoms with Gasteiger partial charge in [0, 0.05) is 13.1 Å². The van der Waals surface area contributed by atoms with E-state index >= 15 is 0 Å². The molecule has 144 valence electrons. The van der Waals surface area contributed by atoms with Crippen LogP contribution in [0.25, 0.3) is 0 Å². The number of halogens is 3. The molecule has 8 nitrogen and oxygen atoms in total. The molecule has 0 aliphatic carbocycles. The second-order valence-corrected chi connectivity index (χ2v) is 6.73. The molecule has 1 fully saturated rings. The number of carboxylic acid groups (broad SMARTS) is 1. The zero-order valence-electron chi connectivity index (χ0n) is 14.4. The van der Waals surface area contributed by atoms with Crippen molar-refractivity contribution in [3.05, 3.63) is 18.1 Å². The number of ether oxygens (including phenoxy) is 1. The van der Waals surface area contributed by atoms with E-state index in [9.17, 15) is 27.9 Å². The van der Waals surface area contributed by atoms with Crippen LogP contribution in [0.5, 0.6) is 0 Å². The molecule has 0 radical (unpaired) electrons. The van der Waals surface area contributed by atoms with Crippen molar-refractivity contribution in [2.45, 2.75) is 38.6 Å². The number of anilines is 1. The first-order valence-electron chi connectivity index (χ1n) is 7.75. The Labute approximate surface area is 147 Å². The summed E-state index contributed by atoms with van der Waals surface area (Å²) in [6, 6.07) is -1.18. The summed E-state index contributed by atoms with van der Waals surface area (Å²) in [6.07, 6.45) is -3.86. The third kappa shape index (κ3) is 4.73. The Morgan fingerprint density at radius 1 is 1.19 bits per heavy atom. The van der Waals surface area contributed by atoms with E-state index in [-0.39, 0.29) is 25.5 Å². The highest BCUT2D eigenvalue weighted by Gasteiger charge is 2.38. The SMILES string of the molecule is CC(C)(C)OC(=O)N1CCN(c2cnc(C(F)(F)F)cn2)C(C(=O)O)C1. The summed E-state index contributed by atoms with van der Waals surface area (Å²) in [4.78, 5) is 33.2. The fourth-order valence-electron chi connectivity index (χ4n) is 2.38. The van der Waals surface area contributed by atoms with E-state index in [1.54, 1.807) is 20.8 Å². The number of carboxylic acids is 1. The molecule has 11 heteroatoms. The lowest BCUT2D eigenvalue weighted by Gasteiger charge is -2.40. The van der Waals surface area contributed by atoms with Gasteiger partial charge >= 0.3 is 18.2 Å². The third-order valence-electron chi connectivity index (χ3n) is 3.54. The summed E-state index contributed by atoms with van der Waals surface area (Å²) in [5.74, 6) is -1.24. The quantitative estimate of drug-likeness (QED) is 0.843. The number of carbonyl (C=O) groups excluding carboxylic acids is 1. The molecule has 1 aromatic heterocycles. The molecule has 2 heterocycles. The molecule has 1 aliphatic rings. The van der Waals surface area contributed by atoms with Crippen molar-refractivity contribution in [2.75, 3.05) is 24.5 Å². The van der Waals surface area contributed by atoms with Crippen LogP contribution in [0.1, 0.15) is 26.5 Å². The number of nitrogens with zero attached hydrogens (tertiary/aromatic N) is 4. The minimum atomic E-state index is -4.63. The number of amides is 1. The number of hydrogen-bond donors (Lipinski definition) is 1. The highest BCUT2D eigenvalue weighted by Crippen LogP contribution is 2.28. The van der Waals surface area contributed by atoms with Gasteiger partial charge < -0.3 is 19.6 Å². The molecule has 1 unspecified atom stereocenters. The average molecular weight is 376 g/mol. The maximum atomic E-state index is 12.6. The van der Waals surface area contributed by atoms with Gasteiger partial charge in [0.25, 0.3) is 0 Å². The Balaban J connectivity index is 2.16. The summed E-state index contributed by atoms with van der Waals surface area (Å²) in [7, 11) is 0. The second kappa shape index (κ2) is 6.96. The first kappa shape index (κ1) is 19.7. The minimum absolute atomic E-state index is 0.00533. The molecule has 1 N–H and O–H groups in total. The first-order valence-corrected chi connectivity index (χ1v) is 7.75. The van der Waals surface area contributed by atoms with E-state index in [1.807, 2.05) is 0 Å². The van der Waals surface area contributed by atoms with Gasteiger partial charge in [0.2, 0.25) is 0 Å². The normalized spacial score (nSPS) is 18.6. The van der Waals surface area contributed by atoms with Gasteiger partial charge in [-0.15, -0.1) is 0 Å². The summed E-state index contributed by atoms with van der Waals surface area (Å²) < 4.78 is 42.9. The van der Waals surface area contributed by atoms with Crippen molar-refractivity contribution in [2.24, 2.45) is 0 Å². The zero-order valence-corrected chi connectivity index (χ0v) is 14.4. The van der Waals surface area contributed by atoms with Crippen molar-refractivity contribution < 1.29 is 32.6 Å². The van der Waals surface area contributed by atoms with Gasteiger partial charge in [-0.2, -0.15) is 13.2 Å². The number of rotatable bonds is 2. The van der Waals surface area contributed by atoms with Gasteiger partial charge in [0.15, 0.2) is 5.69 Å². The molecule has 1 aliphatic heterocycles. The number of hydrogen-bond acceptors (Lipinski definition) is 6. The molecule has 1 atom stereocenters. The highest BCUT2D eigenvalue weighted by molar-refractivity contribution is 5.80. The maximum absolute atomic E-state index is 12.6. The van der Waals surface area contributed by atoms with E-state index in [4.69, 9.17) is 4.74 Å². The van der Waals surface area contributed by atoms with Crippen LogP contribution in [0.3, 0.4) is 0 Å². The lowest BCUT2D eigenvalue weighted by molar-refractivity contribution is -0.142. The molecule has 0 aromatic carbocycles. The van der Waals surface area contributed by atoms with Gasteiger partial charge in [-0.05, 0) is 20.8 Å². The van der Waals surface area contributed by atoms with Crippen molar-refractivity contribution in [1.29, 1.82) is 0 Å². The van der Waals surface area contributed by atoms with Crippen molar-refractivity contribution in [1.82, 2.24) is 14.9 Å². The lowest BCUT2D eigenvalue weighted by Crippen LogP contribution is -2.58. The predicted octanol–water partition coefficient (Wildman–Crippen LogP) is 2.01. The van der Waals surface area contributed by atoms with Crippen LogP contribution >= 0.6 is 0 Å². The average Bonchev–Trinajstić information content (AvgIpc) is 2.52. The Morgan fingerprint density at radius 3 is 2.31 bits per heavy atom. The fourth-order valence-corrected chi connectivity index (χ4v) is 2.38. The van der Waals surface area contributed by atoms with E-state index in [0.717, 1.165) is 6.20 Å². The van der Waals surface area contributed by atoms with Crippen LogP contribution in [0.2, 0.25) is 0 Å². The number of aliphatic carboxylic acids is 1. The number of aromatic nitrogens is 2. The number of alkyl halides is 3. The van der Waals surface area contributed by atoms with Crippen molar-refractivity contribution >= 4 is 17.9 Å². The summed E-state index contributed by atoms with van der Waals surface area (Å²) in [5, 5.41) is 9.44. The molecule has 1 saturated heterocycles. The number of carbonyl (C=O) groups is 2. The fraction of sp³-hybridized carbons (Fsp3) is 0.600. The second-order valence-electron chi connectivity index (χ2n) is 6.73. The third-order valence-corrected chi connectivity index (χ3v) is 3.54. The van der Waals surface area contributed by atoms with Gasteiger partial charge in [0.1, 0.15) is 17.5 Å². The Hall–Kier alpha value is -2.59. The molecule has 2 rings (SSSR count). The van der Waals surface area contributed by atoms with E-state index < -0.39 is 35.6 Å². The van der Waals surface area contributed by atoms with Crippen molar-refractivity contribution in [3.63, 3.8) is 0 Å². The maximum Gasteiger partial charge on any atom is 0.434 e. The van der Waals surface area contributed by atoms with Crippen molar-refractivity contribution in [3.8, 4) is 0 Å². The highest BCUT2D eigenvalue weighted by atomic mass is 19.4. The Kier molecular flexibility index (Phi) is 5.28. The van der Waals surface area contributed by atoms with Gasteiger partial charge in [-0.1, -0.05) is 0 Å². The van der Waals surface area contributed by atoms with Gasteiger partial charge in [-0.3, -0.25) is 0 Å². The molecule has 26 heavy (non-hydrogen) atoms. The largest absolute Gasteiger partial charge is 0.480 e. The molecule has 0 bridgehead atoms. The summed E-state index contributed by atoms with van der Waals surface area (Å²) >= 11 is 0. The molecule has 1 amide bonds. The summed E-state index contributed by atoms with van der Waals surface area (Å²) in [5.41, 5.74) is -1.90. The smallest absolute Gasteiger partial charge is 0.434 e. The number of piperazine rings is 1. The molecule has 0 spiro atoms. The molecule has 0 saturated carbocycles. The zero-order chi connectivity index (χ0) is 19.7. The molecule has 1 aromatic rings. The first-order chi connectivity index (χ1) is 11.9. The van der Waals surface area contributed by atoms with Crippen LogP contribution in [0, 0.1) is 0 Å². The standard InChI is InChI=1S/C15H19F3N4O4/c1-14(2,3)26-13(25)21-4-5-22(9(8-21)12(23)24)11-7-19-10(6-20-11)15(16,17)18/h6-7,9H,4-5,8H2,1-3H3,(H,23,24). The monoisotopic (exact) mass is 376 g/mol. The predicted molar refractivity (Wildman–Crippen MR) is 83.6 cm³/mol. The molecular formula is C15H19F3N4O4. The molecular weight excluding hydrogens is 357 g/mol. The van der Waals surface area contributed by atoms with Crippen LogP contribution in [0.4, 0.5) is 23.8 Å².